The predicted octanol–water partition coefficient (Wildman–Crippen LogP) is 4.52. The summed E-state index contributed by atoms with van der Waals surface area (Å²) in [6.45, 7) is 0. The quantitative estimate of drug-likeness (QED) is 0.256. The molecule has 6 nitrogen and oxygen atoms in total. The van der Waals surface area contributed by atoms with E-state index in [0.717, 1.165) is 28.0 Å². The summed E-state index contributed by atoms with van der Waals surface area (Å²) >= 11 is 1.14. The topological polar surface area (TPSA) is 97.8 Å². The van der Waals surface area contributed by atoms with Gasteiger partial charge in [-0.1, -0.05) is 96.2 Å². The number of hydrogen-bond donors (Lipinski definition) is 2. The maximum absolute atomic E-state index is 11.9. The van der Waals surface area contributed by atoms with Gasteiger partial charge in [0.1, 0.15) is 5.69 Å². The van der Waals surface area contributed by atoms with Crippen LogP contribution in [0.5, 0.6) is 0 Å². The fourth-order valence-corrected chi connectivity index (χ4v) is 3.93. The Balaban J connectivity index is 1.95. The minimum Gasteiger partial charge on any atom is -0.476 e. The first-order valence-electron chi connectivity index (χ1n) is 9.48. The van der Waals surface area contributed by atoms with E-state index in [-0.39, 0.29) is 16.5 Å². The normalized spacial score (nSPS) is 11.8. The minimum absolute atomic E-state index is 0.151. The van der Waals surface area contributed by atoms with Gasteiger partial charge in [0.15, 0.2) is 5.13 Å². The summed E-state index contributed by atoms with van der Waals surface area (Å²) in [6, 6.07) is 28.7. The molecule has 1 aromatic heterocycles. The van der Waals surface area contributed by atoms with Gasteiger partial charge in [0.25, 0.3) is 0 Å². The van der Waals surface area contributed by atoms with Crippen molar-refractivity contribution in [2.45, 2.75) is 5.60 Å². The molecule has 0 aliphatic rings. The van der Waals surface area contributed by atoms with E-state index in [1.165, 1.54) is 0 Å². The van der Waals surface area contributed by atoms with Gasteiger partial charge >= 0.3 is 5.97 Å². The van der Waals surface area contributed by atoms with Crippen LogP contribution in [0.15, 0.2) is 102 Å². The number of anilines is 1. The Morgan fingerprint density at radius 2 is 1.32 bits per heavy atom. The first kappa shape index (κ1) is 20.3. The molecule has 154 valence electrons. The highest BCUT2D eigenvalue weighted by Crippen LogP contribution is 2.40. The lowest BCUT2D eigenvalue weighted by Crippen LogP contribution is -2.32. The summed E-state index contributed by atoms with van der Waals surface area (Å²) in [5, 5.41) is 15.7. The highest BCUT2D eigenvalue weighted by molar-refractivity contribution is 7.13. The number of nitrogens with two attached hydrogens (primary N) is 1. The Kier molecular flexibility index (Phi) is 5.77. The Hall–Kier alpha value is -3.97. The van der Waals surface area contributed by atoms with Crippen molar-refractivity contribution < 1.29 is 14.7 Å². The van der Waals surface area contributed by atoms with Crippen molar-refractivity contribution in [1.82, 2.24) is 4.98 Å². The average Bonchev–Trinajstić information content (AvgIpc) is 3.24. The van der Waals surface area contributed by atoms with Crippen LogP contribution >= 0.6 is 11.3 Å². The Morgan fingerprint density at radius 1 is 0.871 bits per heavy atom. The van der Waals surface area contributed by atoms with E-state index in [1.54, 1.807) is 5.38 Å². The monoisotopic (exact) mass is 429 g/mol. The molecule has 3 N–H and O–H groups in total. The summed E-state index contributed by atoms with van der Waals surface area (Å²) in [4.78, 5) is 22.2. The summed E-state index contributed by atoms with van der Waals surface area (Å²) in [6.07, 6.45) is 0. The van der Waals surface area contributed by atoms with Crippen LogP contribution in [-0.2, 0) is 15.2 Å². The van der Waals surface area contributed by atoms with Crippen molar-refractivity contribution >= 4 is 28.1 Å². The highest BCUT2D eigenvalue weighted by atomic mass is 32.1. The molecule has 31 heavy (non-hydrogen) atoms. The number of carboxylic acids is 1. The van der Waals surface area contributed by atoms with Gasteiger partial charge in [0, 0.05) is 22.1 Å². The number of aromatic nitrogens is 1. The maximum atomic E-state index is 11.9. The van der Waals surface area contributed by atoms with Crippen LogP contribution in [0, 0.1) is 0 Å². The number of carboxylic acid groups (broad SMARTS) is 1. The third-order valence-electron chi connectivity index (χ3n) is 4.78. The lowest BCUT2D eigenvalue weighted by molar-refractivity contribution is -0.129. The van der Waals surface area contributed by atoms with Gasteiger partial charge in [-0.2, -0.15) is 0 Å². The number of carbonyl (C=O) groups is 1. The van der Waals surface area contributed by atoms with Crippen LogP contribution in [-0.4, -0.2) is 21.8 Å². The van der Waals surface area contributed by atoms with E-state index in [4.69, 9.17) is 10.6 Å². The van der Waals surface area contributed by atoms with Crippen molar-refractivity contribution in [2.24, 2.45) is 5.16 Å². The lowest BCUT2D eigenvalue weighted by Gasteiger charge is -2.33. The molecule has 0 spiro atoms. The third-order valence-corrected chi connectivity index (χ3v) is 5.46. The number of hydrogen-bond acceptors (Lipinski definition) is 6. The van der Waals surface area contributed by atoms with Crippen LogP contribution in [0.2, 0.25) is 0 Å². The molecule has 7 heteroatoms. The van der Waals surface area contributed by atoms with Gasteiger partial charge in [-0.05, 0) is 0 Å². The molecule has 3 aromatic carbocycles. The molecular weight excluding hydrogens is 410 g/mol. The molecule has 4 aromatic rings. The molecule has 0 aliphatic heterocycles. The summed E-state index contributed by atoms with van der Waals surface area (Å²) in [5.74, 6) is -1.26. The van der Waals surface area contributed by atoms with Gasteiger partial charge < -0.3 is 15.7 Å². The summed E-state index contributed by atoms with van der Waals surface area (Å²) in [7, 11) is 0. The SMILES string of the molecule is Nc1nc(/C(=N/OC(c2ccccc2)(c2ccccc2)c2ccccc2)C(=O)O)cs1. The smallest absolute Gasteiger partial charge is 0.360 e. The highest BCUT2D eigenvalue weighted by Gasteiger charge is 2.40. The Bertz CT molecular complexity index is 1100. The summed E-state index contributed by atoms with van der Waals surface area (Å²) < 4.78 is 0. The number of benzene rings is 3. The van der Waals surface area contributed by atoms with Crippen LogP contribution < -0.4 is 5.73 Å². The molecule has 0 radical (unpaired) electrons. The van der Waals surface area contributed by atoms with Crippen LogP contribution in [0.3, 0.4) is 0 Å². The zero-order valence-electron chi connectivity index (χ0n) is 16.4. The van der Waals surface area contributed by atoms with Crippen LogP contribution in [0.1, 0.15) is 22.4 Å². The number of nitrogen functional groups attached to an aromatic ring is 1. The van der Waals surface area contributed by atoms with E-state index in [0.29, 0.717) is 0 Å². The van der Waals surface area contributed by atoms with E-state index in [1.807, 2.05) is 91.0 Å². The Labute approximate surface area is 183 Å². The standard InChI is InChI=1S/C24H19N3O3S/c25-23-26-20(16-31-23)21(22(28)29)27-30-24(17-10-4-1-5-11-17,18-12-6-2-7-13-18)19-14-8-3-9-15-19/h1-16H,(H2,25,26)(H,28,29)/b27-21-. The van der Waals surface area contributed by atoms with Crippen molar-refractivity contribution in [2.75, 3.05) is 5.73 Å². The molecule has 0 amide bonds. The fourth-order valence-electron chi connectivity index (χ4n) is 3.38. The lowest BCUT2D eigenvalue weighted by atomic mass is 9.80. The van der Waals surface area contributed by atoms with Crippen molar-refractivity contribution in [3.05, 3.63) is 119 Å². The minimum atomic E-state index is -1.26. The third kappa shape index (κ3) is 4.04. The predicted molar refractivity (Wildman–Crippen MR) is 121 cm³/mol. The maximum Gasteiger partial charge on any atom is 0.360 e. The molecular formula is C24H19N3O3S. The van der Waals surface area contributed by atoms with Crippen molar-refractivity contribution in [1.29, 1.82) is 0 Å². The largest absolute Gasteiger partial charge is 0.476 e. The molecule has 0 aliphatic carbocycles. The second kappa shape index (κ2) is 8.81. The number of rotatable bonds is 7. The summed E-state index contributed by atoms with van der Waals surface area (Å²) in [5.41, 5.74) is 6.76. The zero-order valence-corrected chi connectivity index (χ0v) is 17.2. The molecule has 0 unspecified atom stereocenters. The second-order valence-corrected chi connectivity index (χ2v) is 7.58. The molecule has 0 saturated heterocycles. The number of thiazole rings is 1. The number of nitrogens with zero attached hydrogens (tertiary/aromatic N) is 2. The first-order chi connectivity index (χ1) is 15.1. The van der Waals surface area contributed by atoms with Gasteiger partial charge in [-0.25, -0.2) is 9.78 Å². The second-order valence-electron chi connectivity index (χ2n) is 6.69. The van der Waals surface area contributed by atoms with Crippen molar-refractivity contribution in [3.8, 4) is 0 Å². The van der Waals surface area contributed by atoms with Crippen LogP contribution in [0.25, 0.3) is 0 Å². The van der Waals surface area contributed by atoms with Gasteiger partial charge in [-0.15, -0.1) is 11.3 Å². The molecule has 0 fully saturated rings. The molecule has 4 rings (SSSR count). The number of aliphatic carboxylic acids is 1. The first-order valence-corrected chi connectivity index (χ1v) is 10.4. The Morgan fingerprint density at radius 3 is 1.68 bits per heavy atom. The van der Waals surface area contributed by atoms with Crippen LogP contribution in [0.4, 0.5) is 5.13 Å². The van der Waals surface area contributed by atoms with Gasteiger partial charge in [0.05, 0.1) is 0 Å². The van der Waals surface area contributed by atoms with E-state index < -0.39 is 11.6 Å². The van der Waals surface area contributed by atoms with E-state index >= 15 is 0 Å². The van der Waals surface area contributed by atoms with E-state index in [9.17, 15) is 9.90 Å². The van der Waals surface area contributed by atoms with Crippen molar-refractivity contribution in [3.63, 3.8) is 0 Å². The number of oxime groups is 1. The zero-order chi connectivity index (χ0) is 21.7. The molecule has 1 heterocycles. The van der Waals surface area contributed by atoms with Gasteiger partial charge in [0.2, 0.25) is 11.3 Å². The molecule has 0 saturated carbocycles. The molecule has 0 bridgehead atoms. The average molecular weight is 430 g/mol. The molecule has 0 atom stereocenters. The van der Waals surface area contributed by atoms with Gasteiger partial charge in [-0.3, -0.25) is 0 Å². The van der Waals surface area contributed by atoms with E-state index in [2.05, 4.69) is 10.1 Å². The fraction of sp³-hybridized carbons (Fsp3) is 0.0417.